The first kappa shape index (κ1) is 17.0. The molecule has 0 heterocycles. The van der Waals surface area contributed by atoms with Crippen molar-refractivity contribution in [3.8, 4) is 0 Å². The number of benzene rings is 2. The van der Waals surface area contributed by atoms with Crippen molar-refractivity contribution >= 4 is 11.6 Å². The molecule has 23 heavy (non-hydrogen) atoms. The van der Waals surface area contributed by atoms with Crippen molar-refractivity contribution in [3.63, 3.8) is 0 Å². The van der Waals surface area contributed by atoms with Crippen LogP contribution in [-0.2, 0) is 24.2 Å². The number of carbonyl (C=O) groups excluding carboxylic acids is 1. The van der Waals surface area contributed by atoms with Gasteiger partial charge in [-0.05, 0) is 42.0 Å². The molecule has 5 N–H and O–H groups in total. The first-order valence-corrected chi connectivity index (χ1v) is 8.05. The van der Waals surface area contributed by atoms with Gasteiger partial charge in [-0.25, -0.2) is 0 Å². The lowest BCUT2D eigenvalue weighted by Crippen LogP contribution is -2.40. The second-order valence-corrected chi connectivity index (χ2v) is 5.69. The van der Waals surface area contributed by atoms with Crippen LogP contribution in [0.15, 0.2) is 48.5 Å². The van der Waals surface area contributed by atoms with E-state index in [2.05, 4.69) is 12.2 Å². The molecule has 0 saturated heterocycles. The van der Waals surface area contributed by atoms with Gasteiger partial charge in [-0.3, -0.25) is 4.79 Å². The largest absolute Gasteiger partial charge is 0.398 e. The number of hydrogen-bond donors (Lipinski definition) is 3. The van der Waals surface area contributed by atoms with Gasteiger partial charge < -0.3 is 16.8 Å². The predicted octanol–water partition coefficient (Wildman–Crippen LogP) is 2.41. The number of nitrogen functional groups attached to an aromatic ring is 1. The summed E-state index contributed by atoms with van der Waals surface area (Å²) in [5, 5.41) is 2.92. The summed E-state index contributed by atoms with van der Waals surface area (Å²) >= 11 is 0. The van der Waals surface area contributed by atoms with Crippen LogP contribution in [0.1, 0.15) is 30.0 Å². The maximum Gasteiger partial charge on any atom is 0.237 e. The minimum Gasteiger partial charge on any atom is -0.398 e. The highest BCUT2D eigenvalue weighted by Crippen LogP contribution is 2.17. The molecule has 0 aromatic heterocycles. The fourth-order valence-corrected chi connectivity index (χ4v) is 2.66. The summed E-state index contributed by atoms with van der Waals surface area (Å²) in [6, 6.07) is 15.3. The molecule has 0 bridgehead atoms. The van der Waals surface area contributed by atoms with E-state index >= 15 is 0 Å². The molecule has 0 radical (unpaired) electrons. The molecule has 0 unspecified atom stereocenters. The van der Waals surface area contributed by atoms with Crippen LogP contribution in [0.2, 0.25) is 0 Å². The molecule has 0 aliphatic carbocycles. The Labute approximate surface area is 137 Å². The van der Waals surface area contributed by atoms with Gasteiger partial charge in [0.25, 0.3) is 0 Å². The standard InChI is InChI=1S/C19H25N3O/c1-2-16-15(9-6-10-17(16)20)13-22-19(23)18(21)12-11-14-7-4-3-5-8-14/h3-10,18H,2,11-13,20-21H2,1H3,(H,22,23)/t18-/m0/s1. The highest BCUT2D eigenvalue weighted by atomic mass is 16.2. The molecular formula is C19H25N3O. The minimum atomic E-state index is -0.499. The van der Waals surface area contributed by atoms with Gasteiger partial charge in [-0.15, -0.1) is 0 Å². The summed E-state index contributed by atoms with van der Waals surface area (Å²) in [6.45, 7) is 2.52. The maximum atomic E-state index is 12.2. The van der Waals surface area contributed by atoms with E-state index in [4.69, 9.17) is 11.5 Å². The Hall–Kier alpha value is -2.33. The van der Waals surface area contributed by atoms with E-state index in [0.717, 1.165) is 29.7 Å². The second-order valence-electron chi connectivity index (χ2n) is 5.69. The fraction of sp³-hybridized carbons (Fsp3) is 0.316. The van der Waals surface area contributed by atoms with E-state index in [0.29, 0.717) is 13.0 Å². The van der Waals surface area contributed by atoms with E-state index in [9.17, 15) is 4.79 Å². The van der Waals surface area contributed by atoms with E-state index in [1.165, 1.54) is 5.56 Å². The number of nitrogens with one attached hydrogen (secondary N) is 1. The molecule has 122 valence electrons. The van der Waals surface area contributed by atoms with E-state index < -0.39 is 6.04 Å². The molecule has 2 aromatic carbocycles. The molecule has 0 spiro atoms. The lowest BCUT2D eigenvalue weighted by Gasteiger charge is -2.15. The van der Waals surface area contributed by atoms with Gasteiger partial charge >= 0.3 is 0 Å². The van der Waals surface area contributed by atoms with Crippen molar-refractivity contribution in [2.75, 3.05) is 5.73 Å². The van der Waals surface area contributed by atoms with Crippen LogP contribution >= 0.6 is 0 Å². The van der Waals surface area contributed by atoms with Crippen molar-refractivity contribution in [1.82, 2.24) is 5.32 Å². The van der Waals surface area contributed by atoms with Crippen molar-refractivity contribution in [2.24, 2.45) is 5.73 Å². The van der Waals surface area contributed by atoms with E-state index in [1.54, 1.807) is 0 Å². The smallest absolute Gasteiger partial charge is 0.237 e. The Morgan fingerprint density at radius 3 is 2.57 bits per heavy atom. The summed E-state index contributed by atoms with van der Waals surface area (Å²) in [5.74, 6) is -0.120. The number of rotatable bonds is 7. The number of amides is 1. The van der Waals surface area contributed by atoms with Gasteiger partial charge in [0.1, 0.15) is 0 Å². The molecule has 0 fully saturated rings. The SMILES string of the molecule is CCc1c(N)cccc1CNC(=O)[C@@H](N)CCc1ccccc1. The highest BCUT2D eigenvalue weighted by molar-refractivity contribution is 5.81. The van der Waals surface area contributed by atoms with E-state index in [1.807, 2.05) is 48.5 Å². The molecule has 0 aliphatic rings. The summed E-state index contributed by atoms with van der Waals surface area (Å²) < 4.78 is 0. The quantitative estimate of drug-likeness (QED) is 0.687. The molecule has 2 aromatic rings. The Kier molecular flexibility index (Phi) is 6.18. The van der Waals surface area contributed by atoms with Crippen molar-refractivity contribution in [3.05, 3.63) is 65.2 Å². The topological polar surface area (TPSA) is 81.1 Å². The van der Waals surface area contributed by atoms with Crippen molar-refractivity contribution in [2.45, 2.75) is 38.8 Å². The minimum absolute atomic E-state index is 0.120. The molecule has 2 rings (SSSR count). The Morgan fingerprint density at radius 2 is 1.87 bits per heavy atom. The van der Waals surface area contributed by atoms with Crippen LogP contribution in [0.3, 0.4) is 0 Å². The number of anilines is 1. The lowest BCUT2D eigenvalue weighted by molar-refractivity contribution is -0.122. The van der Waals surface area contributed by atoms with E-state index in [-0.39, 0.29) is 5.91 Å². The van der Waals surface area contributed by atoms with Gasteiger partial charge in [0, 0.05) is 12.2 Å². The average Bonchev–Trinajstić information content (AvgIpc) is 2.58. The Morgan fingerprint density at radius 1 is 1.13 bits per heavy atom. The zero-order valence-electron chi connectivity index (χ0n) is 13.6. The van der Waals surface area contributed by atoms with Gasteiger partial charge in [-0.1, -0.05) is 49.4 Å². The summed E-state index contributed by atoms with van der Waals surface area (Å²) in [6.07, 6.45) is 2.28. The van der Waals surface area contributed by atoms with Crippen LogP contribution in [0.5, 0.6) is 0 Å². The Bertz CT molecular complexity index is 640. The molecule has 1 atom stereocenters. The van der Waals surface area contributed by atoms with Crippen LogP contribution in [-0.4, -0.2) is 11.9 Å². The molecular weight excluding hydrogens is 286 g/mol. The molecule has 4 nitrogen and oxygen atoms in total. The van der Waals surface area contributed by atoms with Crippen molar-refractivity contribution < 1.29 is 4.79 Å². The number of nitrogens with two attached hydrogens (primary N) is 2. The van der Waals surface area contributed by atoms with Crippen LogP contribution < -0.4 is 16.8 Å². The van der Waals surface area contributed by atoms with Crippen LogP contribution in [0.4, 0.5) is 5.69 Å². The normalized spacial score (nSPS) is 11.9. The van der Waals surface area contributed by atoms with Crippen LogP contribution in [0.25, 0.3) is 0 Å². The molecule has 1 amide bonds. The van der Waals surface area contributed by atoms with Gasteiger partial charge in [-0.2, -0.15) is 0 Å². The third-order valence-electron chi connectivity index (χ3n) is 4.04. The molecule has 0 saturated carbocycles. The number of hydrogen-bond acceptors (Lipinski definition) is 3. The second kappa shape index (κ2) is 8.34. The first-order valence-electron chi connectivity index (χ1n) is 8.05. The predicted molar refractivity (Wildman–Crippen MR) is 94.8 cm³/mol. The summed E-state index contributed by atoms with van der Waals surface area (Å²) in [5.41, 5.74) is 16.1. The maximum absolute atomic E-state index is 12.2. The zero-order valence-corrected chi connectivity index (χ0v) is 13.6. The van der Waals surface area contributed by atoms with Crippen LogP contribution in [0, 0.1) is 0 Å². The monoisotopic (exact) mass is 311 g/mol. The first-order chi connectivity index (χ1) is 11.1. The zero-order chi connectivity index (χ0) is 16.7. The van der Waals surface area contributed by atoms with Gasteiger partial charge in [0.15, 0.2) is 0 Å². The fourth-order valence-electron chi connectivity index (χ4n) is 2.66. The molecule has 4 heteroatoms. The third-order valence-corrected chi connectivity index (χ3v) is 4.04. The lowest BCUT2D eigenvalue weighted by atomic mass is 10.0. The third kappa shape index (κ3) is 4.83. The highest BCUT2D eigenvalue weighted by Gasteiger charge is 2.14. The number of aryl methyl sites for hydroxylation is 1. The number of carbonyl (C=O) groups is 1. The average molecular weight is 311 g/mol. The Balaban J connectivity index is 1.86. The van der Waals surface area contributed by atoms with Gasteiger partial charge in [0.05, 0.1) is 6.04 Å². The summed E-state index contributed by atoms with van der Waals surface area (Å²) in [4.78, 5) is 12.2. The van der Waals surface area contributed by atoms with Gasteiger partial charge in [0.2, 0.25) is 5.91 Å². The molecule has 0 aliphatic heterocycles. The van der Waals surface area contributed by atoms with Crippen molar-refractivity contribution in [1.29, 1.82) is 0 Å². The summed E-state index contributed by atoms with van der Waals surface area (Å²) in [7, 11) is 0.